The lowest BCUT2D eigenvalue weighted by Crippen LogP contribution is -2.58. The highest BCUT2D eigenvalue weighted by atomic mass is 16.5. The predicted molar refractivity (Wildman–Crippen MR) is 85.7 cm³/mol. The van der Waals surface area contributed by atoms with E-state index in [1.807, 2.05) is 38.1 Å². The van der Waals surface area contributed by atoms with E-state index in [9.17, 15) is 4.79 Å². The van der Waals surface area contributed by atoms with Crippen LogP contribution in [0.3, 0.4) is 0 Å². The summed E-state index contributed by atoms with van der Waals surface area (Å²) in [6.07, 6.45) is 1.36. The first-order valence-corrected chi connectivity index (χ1v) is 7.75. The monoisotopic (exact) mass is 290 g/mol. The largest absolute Gasteiger partial charge is 0.382 e. The molecule has 0 heterocycles. The summed E-state index contributed by atoms with van der Waals surface area (Å²) in [7, 11) is 0. The van der Waals surface area contributed by atoms with Crippen LogP contribution in [0.5, 0.6) is 0 Å². The van der Waals surface area contributed by atoms with Crippen LogP contribution in [0.25, 0.3) is 0 Å². The second kappa shape index (κ2) is 6.48. The van der Waals surface area contributed by atoms with Crippen LogP contribution < -0.4 is 10.6 Å². The van der Waals surface area contributed by atoms with Gasteiger partial charge in [0, 0.05) is 35.9 Å². The van der Waals surface area contributed by atoms with E-state index in [-0.39, 0.29) is 11.3 Å². The van der Waals surface area contributed by atoms with Crippen molar-refractivity contribution in [2.24, 2.45) is 5.41 Å². The van der Waals surface area contributed by atoms with E-state index >= 15 is 0 Å². The predicted octanol–water partition coefficient (Wildman–Crippen LogP) is 3.05. The highest BCUT2D eigenvalue weighted by molar-refractivity contribution is 5.94. The summed E-state index contributed by atoms with van der Waals surface area (Å²) in [4.78, 5) is 11.7. The first-order valence-electron chi connectivity index (χ1n) is 7.75. The van der Waals surface area contributed by atoms with Crippen molar-refractivity contribution < 1.29 is 9.53 Å². The topological polar surface area (TPSA) is 50.4 Å². The molecular formula is C17H26N2O2. The van der Waals surface area contributed by atoms with Crippen molar-refractivity contribution >= 4 is 11.6 Å². The fourth-order valence-electron chi connectivity index (χ4n) is 2.80. The van der Waals surface area contributed by atoms with E-state index in [1.54, 1.807) is 0 Å². The van der Waals surface area contributed by atoms with Gasteiger partial charge in [-0.2, -0.15) is 0 Å². The summed E-state index contributed by atoms with van der Waals surface area (Å²) in [6.45, 7) is 9.84. The number of rotatable bonds is 6. The molecule has 1 aromatic rings. The SMILES string of the molecule is CCNC(=O)c1ccc(NC2CC(OCC)C2(C)C)cc1. The molecule has 2 atom stereocenters. The number of nitrogens with one attached hydrogen (secondary N) is 2. The van der Waals surface area contributed by atoms with Gasteiger partial charge in [-0.1, -0.05) is 13.8 Å². The van der Waals surface area contributed by atoms with Gasteiger partial charge >= 0.3 is 0 Å². The van der Waals surface area contributed by atoms with Crippen molar-refractivity contribution in [1.29, 1.82) is 0 Å². The number of amides is 1. The Hall–Kier alpha value is -1.55. The molecular weight excluding hydrogens is 264 g/mol. The zero-order valence-corrected chi connectivity index (χ0v) is 13.4. The van der Waals surface area contributed by atoms with Gasteiger partial charge in [-0.25, -0.2) is 0 Å². The summed E-state index contributed by atoms with van der Waals surface area (Å²) in [5, 5.41) is 6.34. The molecule has 2 unspecified atom stereocenters. The van der Waals surface area contributed by atoms with E-state index in [0.29, 0.717) is 24.3 Å². The third kappa shape index (κ3) is 3.38. The Balaban J connectivity index is 1.94. The fraction of sp³-hybridized carbons (Fsp3) is 0.588. The average Bonchev–Trinajstić information content (AvgIpc) is 2.47. The van der Waals surface area contributed by atoms with Gasteiger partial charge in [0.1, 0.15) is 0 Å². The lowest BCUT2D eigenvalue weighted by atomic mass is 9.64. The van der Waals surface area contributed by atoms with Gasteiger partial charge < -0.3 is 15.4 Å². The number of ether oxygens (including phenoxy) is 1. The molecule has 0 saturated heterocycles. The van der Waals surface area contributed by atoms with Gasteiger partial charge in [0.05, 0.1) is 6.10 Å². The van der Waals surface area contributed by atoms with Crippen LogP contribution in [0.1, 0.15) is 44.5 Å². The molecule has 2 rings (SSSR count). The van der Waals surface area contributed by atoms with Gasteiger partial charge in [0.2, 0.25) is 0 Å². The van der Waals surface area contributed by atoms with Gasteiger partial charge in [0.25, 0.3) is 5.91 Å². The van der Waals surface area contributed by atoms with E-state index in [0.717, 1.165) is 18.7 Å². The van der Waals surface area contributed by atoms with E-state index in [2.05, 4.69) is 24.5 Å². The Kier molecular flexibility index (Phi) is 4.88. The molecule has 1 fully saturated rings. The Morgan fingerprint density at radius 2 is 1.95 bits per heavy atom. The minimum atomic E-state index is -0.0237. The first-order chi connectivity index (χ1) is 9.98. The molecule has 4 nitrogen and oxygen atoms in total. The summed E-state index contributed by atoms with van der Waals surface area (Å²) >= 11 is 0. The van der Waals surface area contributed by atoms with Crippen LogP contribution in [0.15, 0.2) is 24.3 Å². The smallest absolute Gasteiger partial charge is 0.251 e. The number of carbonyl (C=O) groups excluding carboxylic acids is 1. The van der Waals surface area contributed by atoms with Crippen molar-refractivity contribution in [2.45, 2.75) is 46.3 Å². The second-order valence-electron chi connectivity index (χ2n) is 6.13. The Morgan fingerprint density at radius 1 is 1.29 bits per heavy atom. The molecule has 1 aliphatic rings. The molecule has 0 aromatic heterocycles. The van der Waals surface area contributed by atoms with Crippen LogP contribution in [0, 0.1) is 5.41 Å². The Bertz CT molecular complexity index is 482. The molecule has 4 heteroatoms. The molecule has 0 bridgehead atoms. The maximum Gasteiger partial charge on any atom is 0.251 e. The first kappa shape index (κ1) is 15.8. The molecule has 1 aromatic carbocycles. The molecule has 116 valence electrons. The lowest BCUT2D eigenvalue weighted by Gasteiger charge is -2.52. The standard InChI is InChI=1S/C17H26N2O2/c1-5-18-16(20)12-7-9-13(10-8-12)19-14-11-15(21-6-2)17(14,3)4/h7-10,14-15,19H,5-6,11H2,1-4H3,(H,18,20). The van der Waals surface area contributed by atoms with Crippen molar-refractivity contribution in [3.63, 3.8) is 0 Å². The highest BCUT2D eigenvalue weighted by Crippen LogP contribution is 2.44. The zero-order chi connectivity index (χ0) is 15.5. The second-order valence-corrected chi connectivity index (χ2v) is 6.13. The lowest BCUT2D eigenvalue weighted by molar-refractivity contribution is -0.0975. The molecule has 2 N–H and O–H groups in total. The molecule has 0 spiro atoms. The van der Waals surface area contributed by atoms with Gasteiger partial charge in [-0.05, 0) is 44.5 Å². The van der Waals surface area contributed by atoms with Crippen molar-refractivity contribution in [3.05, 3.63) is 29.8 Å². The number of hydrogen-bond donors (Lipinski definition) is 2. The number of benzene rings is 1. The minimum absolute atomic E-state index is 0.0237. The molecule has 21 heavy (non-hydrogen) atoms. The molecule has 1 amide bonds. The maximum absolute atomic E-state index is 11.7. The van der Waals surface area contributed by atoms with Crippen LogP contribution in [-0.2, 0) is 4.74 Å². The highest BCUT2D eigenvalue weighted by Gasteiger charge is 2.48. The fourth-order valence-corrected chi connectivity index (χ4v) is 2.80. The average molecular weight is 290 g/mol. The van der Waals surface area contributed by atoms with Crippen LogP contribution in [0.2, 0.25) is 0 Å². The van der Waals surface area contributed by atoms with E-state index in [4.69, 9.17) is 4.74 Å². The summed E-state index contributed by atoms with van der Waals surface area (Å²) in [6, 6.07) is 8.06. The number of carbonyl (C=O) groups is 1. The number of hydrogen-bond acceptors (Lipinski definition) is 3. The summed E-state index contributed by atoms with van der Waals surface area (Å²) in [5.41, 5.74) is 1.88. The third-order valence-electron chi connectivity index (χ3n) is 4.37. The Morgan fingerprint density at radius 3 is 2.48 bits per heavy atom. The van der Waals surface area contributed by atoms with Crippen LogP contribution in [0.4, 0.5) is 5.69 Å². The molecule has 0 aliphatic heterocycles. The van der Waals surface area contributed by atoms with Gasteiger partial charge in [0.15, 0.2) is 0 Å². The van der Waals surface area contributed by atoms with Gasteiger partial charge in [-0.15, -0.1) is 0 Å². The van der Waals surface area contributed by atoms with Crippen LogP contribution in [-0.4, -0.2) is 31.2 Å². The number of anilines is 1. The normalized spacial score (nSPS) is 23.2. The van der Waals surface area contributed by atoms with E-state index in [1.165, 1.54) is 0 Å². The zero-order valence-electron chi connectivity index (χ0n) is 13.4. The molecule has 0 radical (unpaired) electrons. The van der Waals surface area contributed by atoms with Crippen molar-refractivity contribution in [3.8, 4) is 0 Å². The maximum atomic E-state index is 11.7. The molecule has 1 saturated carbocycles. The minimum Gasteiger partial charge on any atom is -0.382 e. The Labute approximate surface area is 127 Å². The summed E-state index contributed by atoms with van der Waals surface area (Å²) < 4.78 is 5.75. The van der Waals surface area contributed by atoms with Crippen LogP contribution >= 0.6 is 0 Å². The summed E-state index contributed by atoms with van der Waals surface area (Å²) in [5.74, 6) is -0.0237. The van der Waals surface area contributed by atoms with Crippen molar-refractivity contribution in [1.82, 2.24) is 5.32 Å². The van der Waals surface area contributed by atoms with Gasteiger partial charge in [-0.3, -0.25) is 4.79 Å². The van der Waals surface area contributed by atoms with E-state index < -0.39 is 0 Å². The third-order valence-corrected chi connectivity index (χ3v) is 4.37. The van der Waals surface area contributed by atoms with Crippen molar-refractivity contribution in [2.75, 3.05) is 18.5 Å². The quantitative estimate of drug-likeness (QED) is 0.846. The molecule has 1 aliphatic carbocycles.